The molecule has 2 aromatic heterocycles. The number of imidazole rings is 1. The van der Waals surface area contributed by atoms with Crippen molar-refractivity contribution in [1.29, 1.82) is 0 Å². The Bertz CT molecular complexity index is 687. The van der Waals surface area contributed by atoms with Gasteiger partial charge < -0.3 is 10.3 Å². The summed E-state index contributed by atoms with van der Waals surface area (Å²) >= 11 is 0. The second kappa shape index (κ2) is 5.55. The number of nitrogens with zero attached hydrogens (tertiary/aromatic N) is 2. The summed E-state index contributed by atoms with van der Waals surface area (Å²) in [6.45, 7) is 0.812. The van der Waals surface area contributed by atoms with Crippen LogP contribution in [0.15, 0.2) is 30.5 Å². The van der Waals surface area contributed by atoms with E-state index < -0.39 is 0 Å². The average molecular weight is 296 g/mol. The average Bonchev–Trinajstić information content (AvgIpc) is 3.24. The molecule has 0 aromatic carbocycles. The molecule has 2 aliphatic rings. The number of aromatic amines is 1. The van der Waals surface area contributed by atoms with Crippen LogP contribution in [0.5, 0.6) is 0 Å². The fraction of sp³-hybridized carbons (Fsp3) is 0.471. The summed E-state index contributed by atoms with van der Waals surface area (Å²) in [6, 6.07) is 3.82. The van der Waals surface area contributed by atoms with E-state index in [2.05, 4.69) is 32.4 Å². The van der Waals surface area contributed by atoms with Crippen molar-refractivity contribution in [1.82, 2.24) is 20.3 Å². The predicted octanol–water partition coefficient (Wildman–Crippen LogP) is 2.22. The summed E-state index contributed by atoms with van der Waals surface area (Å²) in [5.41, 5.74) is 1.64. The van der Waals surface area contributed by atoms with Crippen LogP contribution in [0.25, 0.3) is 11.2 Å². The summed E-state index contributed by atoms with van der Waals surface area (Å²) in [4.78, 5) is 23.8. The Hall–Kier alpha value is -2.17. The summed E-state index contributed by atoms with van der Waals surface area (Å²) in [5, 5.41) is 3.08. The van der Waals surface area contributed by atoms with Gasteiger partial charge in [0, 0.05) is 25.6 Å². The van der Waals surface area contributed by atoms with Gasteiger partial charge in [-0.25, -0.2) is 9.97 Å². The number of rotatable bonds is 5. The largest absolute Gasteiger partial charge is 0.356 e. The first-order valence-corrected chi connectivity index (χ1v) is 8.02. The number of allylic oxidation sites excluding steroid dienone is 2. The highest BCUT2D eigenvalue weighted by atomic mass is 16.1. The van der Waals surface area contributed by atoms with Crippen LogP contribution in [0.2, 0.25) is 0 Å². The quantitative estimate of drug-likeness (QED) is 0.831. The number of fused-ring (bicyclic) bond motifs is 3. The standard InChI is InChI=1S/C17H20N4O/c22-16(19-10-13-9-11-3-4-12(13)8-11)6-5-15-20-14-2-1-7-18-17(14)21-15/h1-4,7,11-13H,5-6,8-10H2,(H,19,22)(H,18,20,21). The first-order chi connectivity index (χ1) is 10.8. The van der Waals surface area contributed by atoms with Gasteiger partial charge in [-0.05, 0) is 42.7 Å². The normalized spacial score (nSPS) is 25.9. The first-order valence-electron chi connectivity index (χ1n) is 8.02. The summed E-state index contributed by atoms with van der Waals surface area (Å²) < 4.78 is 0. The van der Waals surface area contributed by atoms with Crippen LogP contribution in [-0.2, 0) is 11.2 Å². The molecule has 4 rings (SSSR count). The maximum absolute atomic E-state index is 12.0. The van der Waals surface area contributed by atoms with Crippen LogP contribution < -0.4 is 5.32 Å². The molecular formula is C17H20N4O. The van der Waals surface area contributed by atoms with Gasteiger partial charge in [-0.15, -0.1) is 0 Å². The maximum atomic E-state index is 12.0. The fourth-order valence-electron chi connectivity index (χ4n) is 3.71. The molecule has 1 amide bonds. The van der Waals surface area contributed by atoms with E-state index in [0.717, 1.165) is 23.8 Å². The van der Waals surface area contributed by atoms with Crippen LogP contribution >= 0.6 is 0 Å². The molecule has 0 aliphatic heterocycles. The molecule has 2 aliphatic carbocycles. The van der Waals surface area contributed by atoms with Gasteiger partial charge in [0.05, 0.1) is 5.52 Å². The van der Waals surface area contributed by atoms with Crippen LogP contribution in [0.4, 0.5) is 0 Å². The van der Waals surface area contributed by atoms with Gasteiger partial charge in [-0.1, -0.05) is 12.2 Å². The molecule has 3 atom stereocenters. The van der Waals surface area contributed by atoms with Crippen molar-refractivity contribution in [2.75, 3.05) is 6.54 Å². The van der Waals surface area contributed by atoms with Gasteiger partial charge >= 0.3 is 0 Å². The second-order valence-electron chi connectivity index (χ2n) is 6.40. The topological polar surface area (TPSA) is 70.7 Å². The number of aryl methyl sites for hydroxylation is 1. The summed E-state index contributed by atoms with van der Waals surface area (Å²) in [6.07, 6.45) is 9.99. The van der Waals surface area contributed by atoms with Gasteiger partial charge in [0.25, 0.3) is 0 Å². The van der Waals surface area contributed by atoms with E-state index in [0.29, 0.717) is 30.3 Å². The van der Waals surface area contributed by atoms with E-state index >= 15 is 0 Å². The minimum atomic E-state index is 0.111. The van der Waals surface area contributed by atoms with Gasteiger partial charge in [-0.3, -0.25) is 4.79 Å². The number of H-pyrrole nitrogens is 1. The molecule has 0 spiro atoms. The van der Waals surface area contributed by atoms with Gasteiger partial charge in [-0.2, -0.15) is 0 Å². The van der Waals surface area contributed by atoms with Crippen LogP contribution in [0.1, 0.15) is 25.1 Å². The van der Waals surface area contributed by atoms with Crippen molar-refractivity contribution in [3.8, 4) is 0 Å². The zero-order valence-electron chi connectivity index (χ0n) is 12.5. The zero-order chi connectivity index (χ0) is 14.9. The maximum Gasteiger partial charge on any atom is 0.220 e. The van der Waals surface area contributed by atoms with Crippen LogP contribution in [-0.4, -0.2) is 27.4 Å². The van der Waals surface area contributed by atoms with E-state index in [-0.39, 0.29) is 5.91 Å². The van der Waals surface area contributed by atoms with Crippen LogP contribution in [0.3, 0.4) is 0 Å². The SMILES string of the molecule is O=C(CCc1nc2ncccc2[nH]1)NCC1CC2C=CC1C2. The lowest BCUT2D eigenvalue weighted by Crippen LogP contribution is -2.31. The Balaban J connectivity index is 1.26. The summed E-state index contributed by atoms with van der Waals surface area (Å²) in [7, 11) is 0. The van der Waals surface area contributed by atoms with Crippen molar-refractivity contribution in [2.45, 2.75) is 25.7 Å². The molecule has 0 radical (unpaired) electrons. The smallest absolute Gasteiger partial charge is 0.220 e. The number of nitrogens with one attached hydrogen (secondary N) is 2. The Labute approximate surface area is 129 Å². The second-order valence-corrected chi connectivity index (χ2v) is 6.40. The number of hydrogen-bond donors (Lipinski definition) is 2. The van der Waals surface area contributed by atoms with Gasteiger partial charge in [0.15, 0.2) is 5.65 Å². The molecule has 0 saturated heterocycles. The van der Waals surface area contributed by atoms with E-state index in [1.807, 2.05) is 12.1 Å². The van der Waals surface area contributed by atoms with Crippen molar-refractivity contribution < 1.29 is 4.79 Å². The zero-order valence-corrected chi connectivity index (χ0v) is 12.5. The predicted molar refractivity (Wildman–Crippen MR) is 84.1 cm³/mol. The third-order valence-electron chi connectivity index (χ3n) is 4.87. The Morgan fingerprint density at radius 3 is 3.09 bits per heavy atom. The van der Waals surface area contributed by atoms with Crippen LogP contribution in [0, 0.1) is 17.8 Å². The van der Waals surface area contributed by atoms with E-state index in [9.17, 15) is 4.79 Å². The highest BCUT2D eigenvalue weighted by molar-refractivity contribution is 5.76. The third-order valence-corrected chi connectivity index (χ3v) is 4.87. The highest BCUT2D eigenvalue weighted by Crippen LogP contribution is 2.42. The molecule has 2 aromatic rings. The number of carbonyl (C=O) groups excluding carboxylic acids is 1. The molecule has 2 bridgehead atoms. The van der Waals surface area contributed by atoms with Crippen molar-refractivity contribution in [3.63, 3.8) is 0 Å². The number of aromatic nitrogens is 3. The fourth-order valence-corrected chi connectivity index (χ4v) is 3.71. The Morgan fingerprint density at radius 2 is 2.32 bits per heavy atom. The Kier molecular flexibility index (Phi) is 3.41. The molecule has 22 heavy (non-hydrogen) atoms. The molecule has 2 heterocycles. The van der Waals surface area contributed by atoms with Crippen molar-refractivity contribution in [3.05, 3.63) is 36.3 Å². The number of amides is 1. The number of carbonyl (C=O) groups is 1. The summed E-state index contributed by atoms with van der Waals surface area (Å²) in [5.74, 6) is 3.02. The van der Waals surface area contributed by atoms with Crippen molar-refractivity contribution in [2.24, 2.45) is 17.8 Å². The first kappa shape index (κ1) is 13.5. The lowest BCUT2D eigenvalue weighted by Gasteiger charge is -2.18. The minimum Gasteiger partial charge on any atom is -0.356 e. The lowest BCUT2D eigenvalue weighted by atomic mass is 9.93. The lowest BCUT2D eigenvalue weighted by molar-refractivity contribution is -0.121. The van der Waals surface area contributed by atoms with Crippen molar-refractivity contribution >= 4 is 17.1 Å². The molecule has 1 saturated carbocycles. The molecule has 5 nitrogen and oxygen atoms in total. The number of hydrogen-bond acceptors (Lipinski definition) is 3. The monoisotopic (exact) mass is 296 g/mol. The highest BCUT2D eigenvalue weighted by Gasteiger charge is 2.35. The molecule has 3 unspecified atom stereocenters. The van der Waals surface area contributed by atoms with E-state index in [1.54, 1.807) is 6.20 Å². The Morgan fingerprint density at radius 1 is 1.36 bits per heavy atom. The van der Waals surface area contributed by atoms with E-state index in [4.69, 9.17) is 0 Å². The van der Waals surface area contributed by atoms with E-state index in [1.165, 1.54) is 12.8 Å². The number of pyridine rings is 1. The third kappa shape index (κ3) is 2.63. The molecule has 114 valence electrons. The molecule has 2 N–H and O–H groups in total. The molecule has 5 heteroatoms. The minimum absolute atomic E-state index is 0.111. The molecule has 1 fully saturated rings. The van der Waals surface area contributed by atoms with Gasteiger partial charge in [0.1, 0.15) is 5.82 Å². The molecular weight excluding hydrogens is 276 g/mol. The van der Waals surface area contributed by atoms with Gasteiger partial charge in [0.2, 0.25) is 5.91 Å².